The van der Waals surface area contributed by atoms with E-state index < -0.39 is 5.97 Å². The summed E-state index contributed by atoms with van der Waals surface area (Å²) in [6.45, 7) is 4.48. The van der Waals surface area contributed by atoms with Gasteiger partial charge in [0.05, 0.1) is 7.11 Å². The van der Waals surface area contributed by atoms with Crippen molar-refractivity contribution in [3.05, 3.63) is 88.0 Å². The number of rotatable bonds is 6. The standard InChI is InChI=1S/C27H27NO4/c1-19-15-23(25(16-20(19)2)26(28-31-4)27(29)30-3)18-32-24-12-8-11-22(17-24)14-13-21-9-6-5-7-10-21/h5-12,17H,15-16,18H2,1-4H3. The van der Waals surface area contributed by atoms with Crippen molar-refractivity contribution in [1.29, 1.82) is 0 Å². The van der Waals surface area contributed by atoms with Gasteiger partial charge in [-0.2, -0.15) is 0 Å². The van der Waals surface area contributed by atoms with Gasteiger partial charge in [0.25, 0.3) is 0 Å². The Kier molecular flexibility index (Phi) is 7.88. The monoisotopic (exact) mass is 429 g/mol. The van der Waals surface area contributed by atoms with Crippen molar-refractivity contribution in [3.8, 4) is 17.6 Å². The van der Waals surface area contributed by atoms with Gasteiger partial charge < -0.3 is 14.3 Å². The first-order valence-electron chi connectivity index (χ1n) is 10.4. The molecule has 164 valence electrons. The van der Waals surface area contributed by atoms with E-state index in [0.29, 0.717) is 25.2 Å². The van der Waals surface area contributed by atoms with Gasteiger partial charge in [-0.1, -0.05) is 52.4 Å². The lowest BCUT2D eigenvalue weighted by atomic mass is 9.85. The summed E-state index contributed by atoms with van der Waals surface area (Å²) in [5.74, 6) is 6.52. The summed E-state index contributed by atoms with van der Waals surface area (Å²) in [4.78, 5) is 17.2. The third kappa shape index (κ3) is 5.89. The van der Waals surface area contributed by atoms with Crippen molar-refractivity contribution in [3.63, 3.8) is 0 Å². The van der Waals surface area contributed by atoms with Crippen molar-refractivity contribution >= 4 is 11.7 Å². The summed E-state index contributed by atoms with van der Waals surface area (Å²) in [7, 11) is 2.75. The van der Waals surface area contributed by atoms with Crippen LogP contribution >= 0.6 is 0 Å². The Morgan fingerprint density at radius 1 is 0.938 bits per heavy atom. The number of oxime groups is 1. The Bertz CT molecular complexity index is 1130. The molecule has 0 aliphatic heterocycles. The van der Waals surface area contributed by atoms with Crippen molar-refractivity contribution in [1.82, 2.24) is 0 Å². The van der Waals surface area contributed by atoms with Crippen LogP contribution in [0.3, 0.4) is 0 Å². The normalized spacial score (nSPS) is 13.9. The fourth-order valence-electron chi connectivity index (χ4n) is 3.41. The predicted octanol–water partition coefficient (Wildman–Crippen LogP) is 5.07. The Morgan fingerprint density at radius 3 is 2.34 bits per heavy atom. The fourth-order valence-corrected chi connectivity index (χ4v) is 3.41. The number of hydrogen-bond acceptors (Lipinski definition) is 5. The van der Waals surface area contributed by atoms with Gasteiger partial charge in [0.15, 0.2) is 5.71 Å². The molecule has 0 bridgehead atoms. The summed E-state index contributed by atoms with van der Waals surface area (Å²) in [6, 6.07) is 17.5. The van der Waals surface area contributed by atoms with E-state index in [4.69, 9.17) is 14.3 Å². The van der Waals surface area contributed by atoms with E-state index >= 15 is 0 Å². The second-order valence-corrected chi connectivity index (χ2v) is 7.54. The smallest absolute Gasteiger partial charge is 0.360 e. The number of esters is 1. The highest BCUT2D eigenvalue weighted by atomic mass is 16.6. The number of carbonyl (C=O) groups is 1. The molecule has 0 N–H and O–H groups in total. The first-order valence-corrected chi connectivity index (χ1v) is 10.4. The van der Waals surface area contributed by atoms with Crippen LogP contribution in [0, 0.1) is 11.8 Å². The zero-order chi connectivity index (χ0) is 22.9. The van der Waals surface area contributed by atoms with E-state index in [1.165, 1.54) is 25.4 Å². The number of ether oxygens (including phenoxy) is 2. The molecule has 0 spiro atoms. The van der Waals surface area contributed by atoms with E-state index in [1.54, 1.807) is 0 Å². The lowest BCUT2D eigenvalue weighted by Crippen LogP contribution is -2.24. The van der Waals surface area contributed by atoms with Crippen LogP contribution in [0.15, 0.2) is 82.0 Å². The molecule has 2 aromatic rings. The summed E-state index contributed by atoms with van der Waals surface area (Å²) in [6.07, 6.45) is 1.30. The largest absolute Gasteiger partial charge is 0.489 e. The Balaban J connectivity index is 1.82. The van der Waals surface area contributed by atoms with Crippen LogP contribution in [0.25, 0.3) is 0 Å². The average molecular weight is 430 g/mol. The van der Waals surface area contributed by atoms with Crippen LogP contribution in [0.1, 0.15) is 37.8 Å². The summed E-state index contributed by atoms with van der Waals surface area (Å²) in [5.41, 5.74) is 6.25. The first kappa shape index (κ1) is 22.9. The quantitative estimate of drug-likeness (QED) is 0.212. The van der Waals surface area contributed by atoms with Gasteiger partial charge in [0.2, 0.25) is 0 Å². The van der Waals surface area contributed by atoms with E-state index in [0.717, 1.165) is 22.3 Å². The van der Waals surface area contributed by atoms with Crippen LogP contribution in [-0.4, -0.2) is 32.5 Å². The topological polar surface area (TPSA) is 57.1 Å². The number of benzene rings is 2. The SMILES string of the molecule is CON=C(C(=O)OC)C1=C(COc2cccc(C#Cc3ccccc3)c2)CC(C)=C(C)C1. The highest BCUT2D eigenvalue weighted by molar-refractivity contribution is 6.43. The molecule has 1 aliphatic carbocycles. The minimum absolute atomic E-state index is 0.183. The molecule has 5 nitrogen and oxygen atoms in total. The second-order valence-electron chi connectivity index (χ2n) is 7.54. The van der Waals surface area contributed by atoms with E-state index in [9.17, 15) is 4.79 Å². The van der Waals surface area contributed by atoms with Gasteiger partial charge in [-0.15, -0.1) is 0 Å². The minimum atomic E-state index is -0.523. The number of methoxy groups -OCH3 is 1. The molecular weight excluding hydrogens is 402 g/mol. The van der Waals surface area contributed by atoms with Gasteiger partial charge in [-0.05, 0) is 68.2 Å². The van der Waals surface area contributed by atoms with Gasteiger partial charge in [0, 0.05) is 11.1 Å². The highest BCUT2D eigenvalue weighted by Gasteiger charge is 2.26. The van der Waals surface area contributed by atoms with Gasteiger partial charge in [-0.3, -0.25) is 0 Å². The molecule has 0 saturated carbocycles. The van der Waals surface area contributed by atoms with Gasteiger partial charge in [0.1, 0.15) is 19.5 Å². The number of allylic oxidation sites excluding steroid dienone is 2. The lowest BCUT2D eigenvalue weighted by molar-refractivity contribution is -0.132. The van der Waals surface area contributed by atoms with Crippen LogP contribution in [0.2, 0.25) is 0 Å². The molecular formula is C27H27NO4. The zero-order valence-electron chi connectivity index (χ0n) is 18.9. The van der Waals surface area contributed by atoms with Crippen molar-refractivity contribution < 1.29 is 19.1 Å². The average Bonchev–Trinajstić information content (AvgIpc) is 2.82. The van der Waals surface area contributed by atoms with E-state index in [1.807, 2.05) is 54.6 Å². The molecule has 0 saturated heterocycles. The number of hydrogen-bond donors (Lipinski definition) is 0. The lowest BCUT2D eigenvalue weighted by Gasteiger charge is -2.23. The molecule has 0 atom stereocenters. The van der Waals surface area contributed by atoms with Crippen molar-refractivity contribution in [2.24, 2.45) is 5.16 Å². The van der Waals surface area contributed by atoms with Crippen molar-refractivity contribution in [2.75, 3.05) is 20.8 Å². The zero-order valence-corrected chi connectivity index (χ0v) is 18.9. The second kappa shape index (κ2) is 11.0. The molecule has 5 heteroatoms. The Hall–Kier alpha value is -3.78. The third-order valence-corrected chi connectivity index (χ3v) is 5.30. The summed E-state index contributed by atoms with van der Waals surface area (Å²) >= 11 is 0. The molecule has 0 unspecified atom stereocenters. The van der Waals surface area contributed by atoms with E-state index in [2.05, 4.69) is 30.8 Å². The maximum Gasteiger partial charge on any atom is 0.360 e. The number of nitrogens with zero attached hydrogens (tertiary/aromatic N) is 1. The molecule has 32 heavy (non-hydrogen) atoms. The predicted molar refractivity (Wildman–Crippen MR) is 125 cm³/mol. The Morgan fingerprint density at radius 2 is 1.62 bits per heavy atom. The van der Waals surface area contributed by atoms with Crippen LogP contribution in [0.4, 0.5) is 0 Å². The molecule has 0 amide bonds. The van der Waals surface area contributed by atoms with Crippen molar-refractivity contribution in [2.45, 2.75) is 26.7 Å². The highest BCUT2D eigenvalue weighted by Crippen LogP contribution is 2.31. The summed E-state index contributed by atoms with van der Waals surface area (Å²) in [5, 5.41) is 3.94. The third-order valence-electron chi connectivity index (χ3n) is 5.30. The molecule has 0 heterocycles. The molecule has 0 radical (unpaired) electrons. The molecule has 3 rings (SSSR count). The van der Waals surface area contributed by atoms with Crippen LogP contribution in [-0.2, 0) is 14.4 Å². The Labute approximate surface area is 189 Å². The molecule has 2 aromatic carbocycles. The van der Waals surface area contributed by atoms with Crippen LogP contribution in [0.5, 0.6) is 5.75 Å². The number of carbonyl (C=O) groups excluding carboxylic acids is 1. The van der Waals surface area contributed by atoms with E-state index in [-0.39, 0.29) is 5.71 Å². The fraction of sp³-hybridized carbons (Fsp3) is 0.259. The van der Waals surface area contributed by atoms with Gasteiger partial charge >= 0.3 is 5.97 Å². The maximum absolute atomic E-state index is 12.3. The molecule has 0 aromatic heterocycles. The summed E-state index contributed by atoms with van der Waals surface area (Å²) < 4.78 is 11.0. The molecule has 1 aliphatic rings. The van der Waals surface area contributed by atoms with Crippen LogP contribution < -0.4 is 4.74 Å². The molecule has 0 fully saturated rings. The van der Waals surface area contributed by atoms with Gasteiger partial charge in [-0.25, -0.2) is 4.79 Å². The first-order chi connectivity index (χ1) is 15.5. The minimum Gasteiger partial charge on any atom is -0.489 e. The maximum atomic E-state index is 12.3.